The van der Waals surface area contributed by atoms with Gasteiger partial charge in [0.25, 0.3) is 0 Å². The van der Waals surface area contributed by atoms with Crippen molar-refractivity contribution < 1.29 is 4.21 Å². The Hall–Kier alpha value is -0.190. The molecule has 1 aromatic rings. The van der Waals surface area contributed by atoms with Crippen LogP contribution < -0.4 is 5.32 Å². The molecular weight excluding hydrogens is 226 g/mol. The highest BCUT2D eigenvalue weighted by molar-refractivity contribution is 7.87. The Balaban J connectivity index is 2.18. The Bertz CT molecular complexity index is 285. The topological polar surface area (TPSA) is 29.1 Å². The molecule has 1 aromatic heterocycles. The van der Waals surface area contributed by atoms with E-state index < -0.39 is 10.8 Å². The van der Waals surface area contributed by atoms with Gasteiger partial charge < -0.3 is 5.32 Å². The maximum absolute atomic E-state index is 11.7. The third kappa shape index (κ3) is 4.91. The molecule has 15 heavy (non-hydrogen) atoms. The van der Waals surface area contributed by atoms with Crippen LogP contribution in [0.5, 0.6) is 0 Å². The van der Waals surface area contributed by atoms with E-state index in [1.54, 1.807) is 11.3 Å². The number of thiophene rings is 1. The van der Waals surface area contributed by atoms with Crippen molar-refractivity contribution in [1.29, 1.82) is 0 Å². The fourth-order valence-corrected chi connectivity index (χ4v) is 3.62. The quantitative estimate of drug-likeness (QED) is 0.800. The van der Waals surface area contributed by atoms with E-state index in [4.69, 9.17) is 0 Å². The van der Waals surface area contributed by atoms with E-state index in [0.717, 1.165) is 29.3 Å². The first kappa shape index (κ1) is 12.9. The molecule has 2 unspecified atom stereocenters. The fourth-order valence-electron chi connectivity index (χ4n) is 1.46. The first-order chi connectivity index (χ1) is 7.24. The zero-order chi connectivity index (χ0) is 11.1. The molecule has 1 rings (SSSR count). The molecule has 86 valence electrons. The lowest BCUT2D eigenvalue weighted by Crippen LogP contribution is -2.25. The molecule has 1 heterocycles. The number of rotatable bonds is 7. The molecule has 2 nitrogen and oxygen atoms in total. The van der Waals surface area contributed by atoms with Crippen molar-refractivity contribution in [3.05, 3.63) is 17.5 Å². The summed E-state index contributed by atoms with van der Waals surface area (Å²) >= 11 is 1.58. The van der Waals surface area contributed by atoms with Gasteiger partial charge in [-0.3, -0.25) is 4.21 Å². The van der Waals surface area contributed by atoms with Crippen LogP contribution in [0.1, 0.15) is 26.7 Å². The molecular formula is C11H19NOS2. The van der Waals surface area contributed by atoms with Crippen molar-refractivity contribution in [2.45, 2.75) is 36.9 Å². The van der Waals surface area contributed by atoms with Gasteiger partial charge in [-0.1, -0.05) is 13.0 Å². The van der Waals surface area contributed by atoms with Gasteiger partial charge in [-0.2, -0.15) is 0 Å². The molecule has 0 aromatic carbocycles. The molecule has 4 heteroatoms. The summed E-state index contributed by atoms with van der Waals surface area (Å²) in [7, 11) is -0.782. The number of nitrogens with one attached hydrogen (secondary N) is 1. The SMILES string of the molecule is CCNC(C)CCCS(=O)c1cccs1. The third-order valence-corrected chi connectivity index (χ3v) is 4.99. The average Bonchev–Trinajstić information content (AvgIpc) is 2.70. The Labute approximate surface area is 98.6 Å². The van der Waals surface area contributed by atoms with Gasteiger partial charge in [0, 0.05) is 11.8 Å². The summed E-state index contributed by atoms with van der Waals surface area (Å²) in [6.07, 6.45) is 2.13. The lowest BCUT2D eigenvalue weighted by Gasteiger charge is -2.10. The van der Waals surface area contributed by atoms with Gasteiger partial charge in [0.05, 0.1) is 15.0 Å². The predicted octanol–water partition coefficient (Wildman–Crippen LogP) is 2.63. The van der Waals surface area contributed by atoms with Gasteiger partial charge in [-0.25, -0.2) is 0 Å². The highest BCUT2D eigenvalue weighted by atomic mass is 32.2. The van der Waals surface area contributed by atoms with Gasteiger partial charge in [-0.15, -0.1) is 11.3 Å². The van der Waals surface area contributed by atoms with E-state index in [9.17, 15) is 4.21 Å². The lowest BCUT2D eigenvalue weighted by atomic mass is 10.2. The van der Waals surface area contributed by atoms with Gasteiger partial charge in [0.1, 0.15) is 0 Å². The maximum atomic E-state index is 11.7. The largest absolute Gasteiger partial charge is 0.315 e. The van der Waals surface area contributed by atoms with Crippen molar-refractivity contribution in [1.82, 2.24) is 5.32 Å². The molecule has 2 atom stereocenters. The van der Waals surface area contributed by atoms with E-state index >= 15 is 0 Å². The van der Waals surface area contributed by atoms with Gasteiger partial charge in [0.15, 0.2) is 0 Å². The minimum Gasteiger partial charge on any atom is -0.315 e. The third-order valence-electron chi connectivity index (χ3n) is 2.24. The van der Waals surface area contributed by atoms with Crippen LogP contribution in [0.15, 0.2) is 21.7 Å². The summed E-state index contributed by atoms with van der Waals surface area (Å²) in [6.45, 7) is 5.30. The highest BCUT2D eigenvalue weighted by Gasteiger charge is 2.05. The summed E-state index contributed by atoms with van der Waals surface area (Å²) in [6, 6.07) is 4.45. The summed E-state index contributed by atoms with van der Waals surface area (Å²) in [4.78, 5) is 0. The van der Waals surface area contributed by atoms with Crippen molar-refractivity contribution in [2.24, 2.45) is 0 Å². The molecule has 1 N–H and O–H groups in total. The first-order valence-electron chi connectivity index (χ1n) is 5.39. The smallest absolute Gasteiger partial charge is 0.0910 e. The Morgan fingerprint density at radius 3 is 3.00 bits per heavy atom. The molecule has 0 spiro atoms. The Morgan fingerprint density at radius 1 is 1.60 bits per heavy atom. The molecule has 0 aliphatic heterocycles. The molecule has 0 saturated heterocycles. The molecule has 0 bridgehead atoms. The van der Waals surface area contributed by atoms with Crippen molar-refractivity contribution in [3.63, 3.8) is 0 Å². The molecule has 0 aliphatic carbocycles. The van der Waals surface area contributed by atoms with Crippen LogP contribution in [0.4, 0.5) is 0 Å². The zero-order valence-corrected chi connectivity index (χ0v) is 11.0. The fraction of sp³-hybridized carbons (Fsp3) is 0.636. The van der Waals surface area contributed by atoms with Crippen molar-refractivity contribution in [3.8, 4) is 0 Å². The second kappa shape index (κ2) is 7.14. The minimum absolute atomic E-state index is 0.537. The minimum atomic E-state index is -0.782. The van der Waals surface area contributed by atoms with Crippen molar-refractivity contribution >= 4 is 22.1 Å². The van der Waals surface area contributed by atoms with Crippen LogP contribution >= 0.6 is 11.3 Å². The first-order valence-corrected chi connectivity index (χ1v) is 7.59. The normalized spacial score (nSPS) is 15.1. The van der Waals surface area contributed by atoms with Crippen LogP contribution in [0.3, 0.4) is 0 Å². The lowest BCUT2D eigenvalue weighted by molar-refractivity contribution is 0.525. The molecule has 0 fully saturated rings. The molecule has 0 amide bonds. The van der Waals surface area contributed by atoms with E-state index in [1.807, 2.05) is 17.5 Å². The van der Waals surface area contributed by atoms with Crippen molar-refractivity contribution in [2.75, 3.05) is 12.3 Å². The van der Waals surface area contributed by atoms with Crippen LogP contribution in [-0.4, -0.2) is 22.5 Å². The van der Waals surface area contributed by atoms with Gasteiger partial charge >= 0.3 is 0 Å². The Morgan fingerprint density at radius 2 is 2.40 bits per heavy atom. The van der Waals surface area contributed by atoms with E-state index in [0.29, 0.717) is 6.04 Å². The molecule has 0 radical (unpaired) electrons. The monoisotopic (exact) mass is 245 g/mol. The average molecular weight is 245 g/mol. The van der Waals surface area contributed by atoms with E-state index in [2.05, 4.69) is 19.2 Å². The Kier molecular flexibility index (Phi) is 6.13. The summed E-state index contributed by atoms with van der Waals surface area (Å²) in [5, 5.41) is 5.34. The van der Waals surface area contributed by atoms with Crippen LogP contribution in [0.2, 0.25) is 0 Å². The zero-order valence-electron chi connectivity index (χ0n) is 9.36. The van der Waals surface area contributed by atoms with Crippen LogP contribution in [0.25, 0.3) is 0 Å². The maximum Gasteiger partial charge on any atom is 0.0910 e. The second-order valence-electron chi connectivity index (χ2n) is 3.58. The summed E-state index contributed by atoms with van der Waals surface area (Å²) < 4.78 is 12.8. The van der Waals surface area contributed by atoms with Gasteiger partial charge in [0.2, 0.25) is 0 Å². The van der Waals surface area contributed by atoms with E-state index in [-0.39, 0.29) is 0 Å². The second-order valence-corrected chi connectivity index (χ2v) is 6.33. The summed E-state index contributed by atoms with van der Waals surface area (Å²) in [5.74, 6) is 0.788. The predicted molar refractivity (Wildman–Crippen MR) is 68.0 cm³/mol. The van der Waals surface area contributed by atoms with E-state index in [1.165, 1.54) is 0 Å². The van der Waals surface area contributed by atoms with Crippen LogP contribution in [0, 0.1) is 0 Å². The molecule has 0 saturated carbocycles. The molecule has 0 aliphatic rings. The highest BCUT2D eigenvalue weighted by Crippen LogP contribution is 2.15. The standard InChI is InChI=1S/C11H19NOS2/c1-3-12-10(2)6-5-9-15(13)11-7-4-8-14-11/h4,7-8,10,12H,3,5-6,9H2,1-2H3. The van der Waals surface area contributed by atoms with Crippen LogP contribution in [-0.2, 0) is 10.8 Å². The summed E-state index contributed by atoms with van der Waals surface area (Å²) in [5.41, 5.74) is 0. The number of hydrogen-bond acceptors (Lipinski definition) is 3. The van der Waals surface area contributed by atoms with Gasteiger partial charge in [-0.05, 0) is 37.8 Å². The number of hydrogen-bond donors (Lipinski definition) is 1.